The fraction of sp³-hybridized carbons (Fsp3) is 0.600. The van der Waals surface area contributed by atoms with Crippen LogP contribution in [0.5, 0.6) is 0 Å². The van der Waals surface area contributed by atoms with E-state index in [-0.39, 0.29) is 16.8 Å². The summed E-state index contributed by atoms with van der Waals surface area (Å²) in [5.74, 6) is 0.235. The molecule has 1 aromatic rings. The average Bonchev–Trinajstić information content (AvgIpc) is 2.52. The molecule has 0 saturated heterocycles. The van der Waals surface area contributed by atoms with Gasteiger partial charge < -0.3 is 11.1 Å². The van der Waals surface area contributed by atoms with Crippen LogP contribution in [-0.2, 0) is 0 Å². The molecule has 0 heterocycles. The van der Waals surface area contributed by atoms with Crippen LogP contribution in [0.3, 0.4) is 0 Å². The van der Waals surface area contributed by atoms with Gasteiger partial charge in [-0.25, -0.2) is 4.39 Å². The van der Waals surface area contributed by atoms with E-state index >= 15 is 0 Å². The Morgan fingerprint density at radius 1 is 1.39 bits per heavy atom. The predicted octanol–water partition coefficient (Wildman–Crippen LogP) is 3.39. The number of para-hydroxylation sites is 1. The van der Waals surface area contributed by atoms with E-state index < -0.39 is 0 Å². The van der Waals surface area contributed by atoms with Crippen LogP contribution in [0, 0.1) is 17.2 Å². The topological polar surface area (TPSA) is 38.0 Å². The average molecular weight is 250 g/mol. The van der Waals surface area contributed by atoms with E-state index in [1.165, 1.54) is 6.07 Å². The molecule has 0 aromatic heterocycles. The Balaban J connectivity index is 2.27. The lowest BCUT2D eigenvalue weighted by Gasteiger charge is -2.35. The number of nitrogens with two attached hydrogens (primary N) is 1. The van der Waals surface area contributed by atoms with Crippen molar-refractivity contribution in [2.24, 2.45) is 17.1 Å². The summed E-state index contributed by atoms with van der Waals surface area (Å²) in [6, 6.07) is 6.82. The van der Waals surface area contributed by atoms with Crippen LogP contribution < -0.4 is 11.1 Å². The molecule has 2 unspecified atom stereocenters. The summed E-state index contributed by atoms with van der Waals surface area (Å²) in [4.78, 5) is 0. The summed E-state index contributed by atoms with van der Waals surface area (Å²) in [6.45, 7) is 7.25. The Hall–Kier alpha value is -1.09. The molecular weight excluding hydrogens is 227 g/mol. The van der Waals surface area contributed by atoms with Crippen LogP contribution in [0.25, 0.3) is 0 Å². The van der Waals surface area contributed by atoms with Crippen molar-refractivity contribution in [2.75, 3.05) is 11.9 Å². The summed E-state index contributed by atoms with van der Waals surface area (Å²) in [5, 5.41) is 3.38. The van der Waals surface area contributed by atoms with E-state index in [1.807, 2.05) is 6.07 Å². The second-order valence-corrected chi connectivity index (χ2v) is 6.41. The van der Waals surface area contributed by atoms with Gasteiger partial charge in [0.15, 0.2) is 0 Å². The van der Waals surface area contributed by atoms with E-state index in [1.54, 1.807) is 12.1 Å². The quantitative estimate of drug-likeness (QED) is 0.863. The standard InChI is InChI=1S/C15H23FN2/c1-11-8-14(2,3)9-15(11,10-17)18-13-7-5-4-6-12(13)16/h4-7,11,18H,8-10,17H2,1-3H3. The first kappa shape index (κ1) is 13.3. The molecule has 1 aromatic carbocycles. The lowest BCUT2D eigenvalue weighted by molar-refractivity contribution is 0.349. The van der Waals surface area contributed by atoms with Gasteiger partial charge in [-0.2, -0.15) is 0 Å². The number of hydrogen-bond donors (Lipinski definition) is 2. The molecule has 2 nitrogen and oxygen atoms in total. The third kappa shape index (κ3) is 2.37. The first-order valence-corrected chi connectivity index (χ1v) is 6.61. The highest BCUT2D eigenvalue weighted by Gasteiger charge is 2.47. The molecule has 1 aliphatic rings. The van der Waals surface area contributed by atoms with Gasteiger partial charge in [0.05, 0.1) is 11.2 Å². The van der Waals surface area contributed by atoms with Gasteiger partial charge in [0.2, 0.25) is 0 Å². The molecule has 0 spiro atoms. The zero-order valence-corrected chi connectivity index (χ0v) is 11.5. The monoisotopic (exact) mass is 250 g/mol. The highest BCUT2D eigenvalue weighted by molar-refractivity contribution is 5.47. The lowest BCUT2D eigenvalue weighted by Crippen LogP contribution is -2.48. The molecule has 18 heavy (non-hydrogen) atoms. The summed E-state index contributed by atoms with van der Waals surface area (Å²) in [5.41, 5.74) is 6.63. The molecule has 100 valence electrons. The highest BCUT2D eigenvalue weighted by atomic mass is 19.1. The Morgan fingerprint density at radius 3 is 2.56 bits per heavy atom. The molecule has 0 amide bonds. The number of anilines is 1. The lowest BCUT2D eigenvalue weighted by atomic mass is 9.86. The maximum atomic E-state index is 13.8. The molecule has 1 fully saturated rings. The normalized spacial score (nSPS) is 30.4. The van der Waals surface area contributed by atoms with E-state index in [0.717, 1.165) is 12.8 Å². The van der Waals surface area contributed by atoms with Gasteiger partial charge in [-0.3, -0.25) is 0 Å². The molecule has 2 atom stereocenters. The van der Waals surface area contributed by atoms with Crippen LogP contribution in [-0.4, -0.2) is 12.1 Å². The van der Waals surface area contributed by atoms with Crippen LogP contribution in [0.2, 0.25) is 0 Å². The largest absolute Gasteiger partial charge is 0.376 e. The molecular formula is C15H23FN2. The number of hydrogen-bond acceptors (Lipinski definition) is 2. The Kier molecular flexibility index (Phi) is 3.37. The molecule has 0 bridgehead atoms. The zero-order valence-electron chi connectivity index (χ0n) is 11.5. The third-order valence-electron chi connectivity index (χ3n) is 4.22. The SMILES string of the molecule is CC1CC(C)(C)CC1(CN)Nc1ccccc1F. The Labute approximate surface area is 109 Å². The number of benzene rings is 1. The highest BCUT2D eigenvalue weighted by Crippen LogP contribution is 2.48. The second-order valence-electron chi connectivity index (χ2n) is 6.41. The van der Waals surface area contributed by atoms with Crippen molar-refractivity contribution < 1.29 is 4.39 Å². The van der Waals surface area contributed by atoms with Crippen molar-refractivity contribution in [1.82, 2.24) is 0 Å². The first-order chi connectivity index (χ1) is 8.38. The van der Waals surface area contributed by atoms with Crippen molar-refractivity contribution in [3.63, 3.8) is 0 Å². The van der Waals surface area contributed by atoms with Gasteiger partial charge >= 0.3 is 0 Å². The van der Waals surface area contributed by atoms with Crippen molar-refractivity contribution >= 4 is 5.69 Å². The molecule has 0 radical (unpaired) electrons. The van der Waals surface area contributed by atoms with Gasteiger partial charge in [-0.05, 0) is 36.3 Å². The fourth-order valence-corrected chi connectivity index (χ4v) is 3.45. The van der Waals surface area contributed by atoms with Crippen LogP contribution in [0.15, 0.2) is 24.3 Å². The van der Waals surface area contributed by atoms with E-state index in [2.05, 4.69) is 26.1 Å². The summed E-state index contributed by atoms with van der Waals surface area (Å²) < 4.78 is 13.8. The maximum Gasteiger partial charge on any atom is 0.146 e. The van der Waals surface area contributed by atoms with E-state index in [0.29, 0.717) is 18.2 Å². The molecule has 1 saturated carbocycles. The van der Waals surface area contributed by atoms with Crippen molar-refractivity contribution in [1.29, 1.82) is 0 Å². The van der Waals surface area contributed by atoms with Gasteiger partial charge in [0, 0.05) is 6.54 Å². The molecule has 0 aliphatic heterocycles. The van der Waals surface area contributed by atoms with Gasteiger partial charge in [-0.15, -0.1) is 0 Å². The van der Waals surface area contributed by atoms with Crippen molar-refractivity contribution in [2.45, 2.75) is 39.2 Å². The fourth-order valence-electron chi connectivity index (χ4n) is 3.45. The third-order valence-corrected chi connectivity index (χ3v) is 4.22. The summed E-state index contributed by atoms with van der Waals surface area (Å²) in [6.07, 6.45) is 2.09. The Morgan fingerprint density at radius 2 is 2.06 bits per heavy atom. The summed E-state index contributed by atoms with van der Waals surface area (Å²) >= 11 is 0. The molecule has 1 aliphatic carbocycles. The van der Waals surface area contributed by atoms with Gasteiger partial charge in [0.25, 0.3) is 0 Å². The minimum atomic E-state index is -0.206. The summed E-state index contributed by atoms with van der Waals surface area (Å²) in [7, 11) is 0. The molecule has 3 N–H and O–H groups in total. The van der Waals surface area contributed by atoms with Crippen LogP contribution in [0.1, 0.15) is 33.6 Å². The Bertz CT molecular complexity index is 430. The van der Waals surface area contributed by atoms with Crippen LogP contribution >= 0.6 is 0 Å². The molecule has 2 rings (SSSR count). The van der Waals surface area contributed by atoms with Crippen LogP contribution in [0.4, 0.5) is 10.1 Å². The molecule has 3 heteroatoms. The number of nitrogens with one attached hydrogen (secondary N) is 1. The zero-order chi connectivity index (χ0) is 13.4. The first-order valence-electron chi connectivity index (χ1n) is 6.61. The van der Waals surface area contributed by atoms with E-state index in [9.17, 15) is 4.39 Å². The minimum absolute atomic E-state index is 0.189. The number of halogens is 1. The predicted molar refractivity (Wildman–Crippen MR) is 74.0 cm³/mol. The van der Waals surface area contributed by atoms with Gasteiger partial charge in [-0.1, -0.05) is 32.9 Å². The van der Waals surface area contributed by atoms with E-state index in [4.69, 9.17) is 5.73 Å². The number of rotatable bonds is 3. The van der Waals surface area contributed by atoms with Crippen molar-refractivity contribution in [3.8, 4) is 0 Å². The minimum Gasteiger partial charge on any atom is -0.376 e. The smallest absolute Gasteiger partial charge is 0.146 e. The van der Waals surface area contributed by atoms with Gasteiger partial charge in [0.1, 0.15) is 5.82 Å². The van der Waals surface area contributed by atoms with Crippen molar-refractivity contribution in [3.05, 3.63) is 30.1 Å². The maximum absolute atomic E-state index is 13.8. The second kappa shape index (κ2) is 4.54.